The third kappa shape index (κ3) is 11.1. The summed E-state index contributed by atoms with van der Waals surface area (Å²) in [6.07, 6.45) is 8.27. The summed E-state index contributed by atoms with van der Waals surface area (Å²) in [6.45, 7) is 8.42. The number of carbonyl (C=O) groups excluding carboxylic acids is 2. The van der Waals surface area contributed by atoms with E-state index in [-0.39, 0.29) is 13.0 Å². The van der Waals surface area contributed by atoms with Crippen LogP contribution >= 0.6 is 0 Å². The average Bonchev–Trinajstić information content (AvgIpc) is 3.41. The normalized spacial score (nSPS) is 12.0. The zero-order valence-electron chi connectivity index (χ0n) is 24.2. The summed E-state index contributed by atoms with van der Waals surface area (Å²) < 4.78 is 16.7. The molecular weight excluding hydrogens is 506 g/mol. The number of benzene rings is 2. The quantitative estimate of drug-likeness (QED) is 0.150. The maximum Gasteiger partial charge on any atom is 0.408 e. The van der Waals surface area contributed by atoms with Crippen LogP contribution in [0.25, 0.3) is 11.3 Å². The molecule has 8 nitrogen and oxygen atoms in total. The minimum Gasteiger partial charge on any atom is -0.494 e. The molecule has 0 aliphatic carbocycles. The van der Waals surface area contributed by atoms with Gasteiger partial charge in [-0.2, -0.15) is 0 Å². The Labute approximate surface area is 237 Å². The molecule has 0 saturated carbocycles. The van der Waals surface area contributed by atoms with Gasteiger partial charge in [0.05, 0.1) is 24.9 Å². The van der Waals surface area contributed by atoms with Gasteiger partial charge < -0.3 is 24.5 Å². The number of nitrogens with one attached hydrogen (secondary N) is 2. The van der Waals surface area contributed by atoms with Crippen molar-refractivity contribution in [2.45, 2.75) is 90.9 Å². The number of nitrogens with zero attached hydrogens (tertiary/aromatic N) is 1. The van der Waals surface area contributed by atoms with Crippen LogP contribution in [0.1, 0.15) is 90.1 Å². The predicted octanol–water partition coefficient (Wildman–Crippen LogP) is 7.52. The zero-order chi connectivity index (χ0) is 28.8. The van der Waals surface area contributed by atoms with E-state index in [4.69, 9.17) is 14.2 Å². The Balaban J connectivity index is 1.61. The molecule has 0 radical (unpaired) electrons. The average molecular weight is 550 g/mol. The van der Waals surface area contributed by atoms with Gasteiger partial charge in [-0.25, -0.2) is 9.78 Å². The Hall–Kier alpha value is -3.81. The van der Waals surface area contributed by atoms with Crippen molar-refractivity contribution in [1.82, 2.24) is 15.3 Å². The van der Waals surface area contributed by atoms with Crippen molar-refractivity contribution in [2.24, 2.45) is 0 Å². The number of amides is 1. The number of alkyl carbamates (subject to hydrolysis) is 1. The lowest BCUT2D eigenvalue weighted by Crippen LogP contribution is -2.36. The Bertz CT molecular complexity index is 1170. The van der Waals surface area contributed by atoms with Gasteiger partial charge in [0, 0.05) is 0 Å². The Morgan fingerprint density at radius 2 is 1.65 bits per heavy atom. The van der Waals surface area contributed by atoms with E-state index in [1.165, 1.54) is 32.1 Å². The molecule has 1 unspecified atom stereocenters. The SMILES string of the molecule is CCCCCCCCOc1ccc(-c2cnc(C(CC(=O)OCc3ccccc3)NC(=O)OC(C)(C)C)[nH]2)cc1. The highest BCUT2D eigenvalue weighted by atomic mass is 16.6. The van der Waals surface area contributed by atoms with Gasteiger partial charge in [-0.1, -0.05) is 69.4 Å². The summed E-state index contributed by atoms with van der Waals surface area (Å²) in [5.74, 6) is 0.790. The van der Waals surface area contributed by atoms with Crippen LogP contribution in [0.3, 0.4) is 0 Å². The van der Waals surface area contributed by atoms with Gasteiger partial charge in [-0.15, -0.1) is 0 Å². The van der Waals surface area contributed by atoms with Crippen LogP contribution in [-0.4, -0.2) is 34.2 Å². The number of aromatic nitrogens is 2. The Kier molecular flexibility index (Phi) is 12.1. The summed E-state index contributed by atoms with van der Waals surface area (Å²) >= 11 is 0. The second kappa shape index (κ2) is 15.7. The molecule has 0 fully saturated rings. The van der Waals surface area contributed by atoms with Crippen LogP contribution in [0.15, 0.2) is 60.8 Å². The number of aromatic amines is 1. The Morgan fingerprint density at radius 3 is 2.35 bits per heavy atom. The third-order valence-electron chi connectivity index (χ3n) is 6.16. The molecule has 0 aliphatic rings. The first kappa shape index (κ1) is 30.7. The second-order valence-corrected chi connectivity index (χ2v) is 10.9. The van der Waals surface area contributed by atoms with Crippen LogP contribution in [-0.2, 0) is 20.9 Å². The van der Waals surface area contributed by atoms with Gasteiger partial charge in [-0.3, -0.25) is 4.79 Å². The molecule has 1 aromatic heterocycles. The Morgan fingerprint density at radius 1 is 0.950 bits per heavy atom. The van der Waals surface area contributed by atoms with E-state index in [1.54, 1.807) is 27.0 Å². The van der Waals surface area contributed by atoms with Crippen molar-refractivity contribution in [1.29, 1.82) is 0 Å². The molecule has 216 valence electrons. The number of imidazole rings is 1. The first-order valence-corrected chi connectivity index (χ1v) is 14.2. The van der Waals surface area contributed by atoms with Crippen LogP contribution in [0.4, 0.5) is 4.79 Å². The molecule has 3 aromatic rings. The zero-order valence-corrected chi connectivity index (χ0v) is 24.2. The molecule has 1 atom stereocenters. The molecule has 0 spiro atoms. The molecule has 0 saturated heterocycles. The van der Waals surface area contributed by atoms with Gasteiger partial charge in [0.15, 0.2) is 0 Å². The van der Waals surface area contributed by atoms with Crippen LogP contribution in [0, 0.1) is 0 Å². The predicted molar refractivity (Wildman–Crippen MR) is 156 cm³/mol. The highest BCUT2D eigenvalue weighted by Gasteiger charge is 2.25. The first-order chi connectivity index (χ1) is 19.2. The summed E-state index contributed by atoms with van der Waals surface area (Å²) in [7, 11) is 0. The highest BCUT2D eigenvalue weighted by Crippen LogP contribution is 2.24. The molecule has 1 amide bonds. The van der Waals surface area contributed by atoms with Crippen molar-refractivity contribution < 1.29 is 23.8 Å². The minimum atomic E-state index is -0.758. The largest absolute Gasteiger partial charge is 0.494 e. The molecular formula is C32H43N3O5. The van der Waals surface area contributed by atoms with Gasteiger partial charge in [0.25, 0.3) is 0 Å². The molecule has 2 aromatic carbocycles. The molecule has 3 rings (SSSR count). The summed E-state index contributed by atoms with van der Waals surface area (Å²) in [6, 6.07) is 16.5. The smallest absolute Gasteiger partial charge is 0.408 e. The molecule has 2 N–H and O–H groups in total. The minimum absolute atomic E-state index is 0.107. The maximum atomic E-state index is 12.7. The molecule has 0 bridgehead atoms. The van der Waals surface area contributed by atoms with Gasteiger partial charge >= 0.3 is 12.1 Å². The molecule has 1 heterocycles. The fraction of sp³-hybridized carbons (Fsp3) is 0.469. The standard InChI is InChI=1S/C32H43N3O5/c1-5-6-7-8-9-13-20-38-26-18-16-25(17-19-26)28-22-33-30(34-28)27(35-31(37)40-32(2,3)4)21-29(36)39-23-24-14-11-10-12-15-24/h10-12,14-19,22,27H,5-9,13,20-21,23H2,1-4H3,(H,33,34)(H,35,37). The monoisotopic (exact) mass is 549 g/mol. The van der Waals surface area contributed by atoms with Crippen LogP contribution in [0.2, 0.25) is 0 Å². The van der Waals surface area contributed by atoms with Gasteiger partial charge in [0.2, 0.25) is 0 Å². The lowest BCUT2D eigenvalue weighted by atomic mass is 10.1. The summed E-state index contributed by atoms with van der Waals surface area (Å²) in [4.78, 5) is 32.9. The first-order valence-electron chi connectivity index (χ1n) is 14.2. The van der Waals surface area contributed by atoms with Crippen molar-refractivity contribution >= 4 is 12.1 Å². The maximum absolute atomic E-state index is 12.7. The fourth-order valence-electron chi connectivity index (χ4n) is 4.09. The van der Waals surface area contributed by atoms with E-state index >= 15 is 0 Å². The fourth-order valence-corrected chi connectivity index (χ4v) is 4.09. The molecule has 40 heavy (non-hydrogen) atoms. The second-order valence-electron chi connectivity index (χ2n) is 10.9. The molecule has 0 aliphatic heterocycles. The van der Waals surface area contributed by atoms with E-state index in [1.807, 2.05) is 54.6 Å². The van der Waals surface area contributed by atoms with Crippen LogP contribution in [0.5, 0.6) is 5.75 Å². The van der Waals surface area contributed by atoms with E-state index in [0.717, 1.165) is 29.0 Å². The van der Waals surface area contributed by atoms with Crippen molar-refractivity contribution in [3.63, 3.8) is 0 Å². The topological polar surface area (TPSA) is 103 Å². The van der Waals surface area contributed by atoms with Gasteiger partial charge in [0.1, 0.15) is 29.8 Å². The highest BCUT2D eigenvalue weighted by molar-refractivity contribution is 5.73. The van der Waals surface area contributed by atoms with E-state index in [2.05, 4.69) is 22.2 Å². The number of unbranched alkanes of at least 4 members (excludes halogenated alkanes) is 5. The number of rotatable bonds is 15. The lowest BCUT2D eigenvalue weighted by Gasteiger charge is -2.22. The van der Waals surface area contributed by atoms with Crippen molar-refractivity contribution in [3.8, 4) is 17.0 Å². The summed E-state index contributed by atoms with van der Waals surface area (Å²) in [5, 5.41) is 2.76. The van der Waals surface area contributed by atoms with E-state index in [0.29, 0.717) is 12.4 Å². The molecule has 8 heteroatoms. The lowest BCUT2D eigenvalue weighted by molar-refractivity contribution is -0.145. The van der Waals surface area contributed by atoms with Crippen LogP contribution < -0.4 is 10.1 Å². The van der Waals surface area contributed by atoms with Crippen molar-refractivity contribution in [2.75, 3.05) is 6.61 Å². The van der Waals surface area contributed by atoms with Crippen molar-refractivity contribution in [3.05, 3.63) is 72.2 Å². The number of ether oxygens (including phenoxy) is 3. The number of H-pyrrole nitrogens is 1. The van der Waals surface area contributed by atoms with E-state index in [9.17, 15) is 9.59 Å². The number of carbonyl (C=O) groups is 2. The summed E-state index contributed by atoms with van der Waals surface area (Å²) in [5.41, 5.74) is 1.86. The number of hydrogen-bond donors (Lipinski definition) is 2. The van der Waals surface area contributed by atoms with E-state index < -0.39 is 23.7 Å². The van der Waals surface area contributed by atoms with Gasteiger partial charge in [-0.05, 0) is 62.6 Å². The number of hydrogen-bond acceptors (Lipinski definition) is 6. The third-order valence-corrected chi connectivity index (χ3v) is 6.16. The number of esters is 1.